The minimum atomic E-state index is -0.844. The molecule has 9 fully saturated rings. The van der Waals surface area contributed by atoms with Crippen molar-refractivity contribution in [2.24, 2.45) is 39.9 Å². The molecule has 2 N–H and O–H groups in total. The second kappa shape index (κ2) is 5.74. The van der Waals surface area contributed by atoms with Gasteiger partial charge in [-0.3, -0.25) is 4.90 Å². The van der Waals surface area contributed by atoms with Gasteiger partial charge < -0.3 is 19.7 Å². The first-order valence-electron chi connectivity index (χ1n) is 12.9. The maximum absolute atomic E-state index is 13.4. The number of aliphatic hydroxyl groups excluding tert-OH is 1. The first kappa shape index (κ1) is 20.3. The van der Waals surface area contributed by atoms with Crippen LogP contribution in [-0.4, -0.2) is 58.7 Å². The fourth-order valence-electron chi connectivity index (χ4n) is 11.6. The Morgan fingerprint density at radius 2 is 1.97 bits per heavy atom. The summed E-state index contributed by atoms with van der Waals surface area (Å²) in [5.41, 5.74) is 0.0419. The van der Waals surface area contributed by atoms with Crippen LogP contribution in [-0.2, 0) is 4.74 Å². The molecular formula is C28H33NO5. The van der Waals surface area contributed by atoms with Crippen molar-refractivity contribution in [3.05, 3.63) is 42.0 Å². The highest BCUT2D eigenvalue weighted by molar-refractivity contribution is 5.89. The number of piperidine rings is 2. The van der Waals surface area contributed by atoms with Crippen molar-refractivity contribution in [3.63, 3.8) is 0 Å². The third-order valence-electron chi connectivity index (χ3n) is 11.9. The number of carbonyl (C=O) groups excluding carboxylic acids is 1. The lowest BCUT2D eigenvalue weighted by atomic mass is 9.39. The van der Waals surface area contributed by atoms with Crippen LogP contribution >= 0.6 is 0 Å². The molecule has 3 heterocycles. The Morgan fingerprint density at radius 3 is 2.71 bits per heavy atom. The van der Waals surface area contributed by atoms with Crippen LogP contribution in [0.5, 0.6) is 5.75 Å². The number of benzene rings is 1. The lowest BCUT2D eigenvalue weighted by molar-refractivity contribution is -0.271. The molecule has 6 saturated carbocycles. The van der Waals surface area contributed by atoms with E-state index in [4.69, 9.17) is 9.47 Å². The van der Waals surface area contributed by atoms with Gasteiger partial charge in [-0.05, 0) is 66.9 Å². The summed E-state index contributed by atoms with van der Waals surface area (Å²) in [7, 11) is 1.61. The average Bonchev–Trinajstić information content (AvgIpc) is 3.18. The summed E-state index contributed by atoms with van der Waals surface area (Å²) in [6.45, 7) is 7.65. The second-order valence-corrected chi connectivity index (χ2v) is 12.8. The van der Waals surface area contributed by atoms with Gasteiger partial charge in [0, 0.05) is 41.2 Å². The van der Waals surface area contributed by atoms with Gasteiger partial charge in [-0.25, -0.2) is 4.79 Å². The van der Waals surface area contributed by atoms with Crippen LogP contribution in [0.1, 0.15) is 49.4 Å². The molecule has 1 aromatic carbocycles. The molecule has 6 nitrogen and oxygen atoms in total. The Morgan fingerprint density at radius 1 is 1.21 bits per heavy atom. The zero-order valence-electron chi connectivity index (χ0n) is 19.9. The SMILES string of the molecule is C=C1[C@H]2C[C@H]3C4N5C[C@]6(C)CCC[C@]47[C@H]([C@H]2OC(=O)c2ccc(OC)cc2)C3(C[C@]5(O)[C@H]67)[C@@H]1O. The van der Waals surface area contributed by atoms with Crippen LogP contribution in [0, 0.1) is 39.9 Å². The molecule has 0 radical (unpaired) electrons. The fraction of sp³-hybridized carbons (Fsp3) is 0.679. The van der Waals surface area contributed by atoms with Crippen molar-refractivity contribution in [2.75, 3.05) is 13.7 Å². The maximum Gasteiger partial charge on any atom is 0.338 e. The minimum Gasteiger partial charge on any atom is -0.497 e. The van der Waals surface area contributed by atoms with E-state index in [-0.39, 0.29) is 46.7 Å². The van der Waals surface area contributed by atoms with E-state index in [0.717, 1.165) is 37.8 Å². The zero-order chi connectivity index (χ0) is 23.4. The van der Waals surface area contributed by atoms with Crippen LogP contribution in [0.15, 0.2) is 36.4 Å². The lowest BCUT2D eigenvalue weighted by Gasteiger charge is -2.67. The summed E-state index contributed by atoms with van der Waals surface area (Å²) in [6.07, 6.45) is 3.91. The molecule has 0 aromatic heterocycles. The number of ether oxygens (including phenoxy) is 2. The van der Waals surface area contributed by atoms with E-state index in [1.165, 1.54) is 0 Å². The monoisotopic (exact) mass is 463 g/mol. The van der Waals surface area contributed by atoms with E-state index >= 15 is 0 Å². The molecular weight excluding hydrogens is 430 g/mol. The number of aliphatic hydroxyl groups is 2. The largest absolute Gasteiger partial charge is 0.497 e. The van der Waals surface area contributed by atoms with Crippen LogP contribution in [0.4, 0.5) is 0 Å². The van der Waals surface area contributed by atoms with Crippen molar-refractivity contribution in [1.82, 2.24) is 4.90 Å². The molecule has 6 aliphatic carbocycles. The van der Waals surface area contributed by atoms with Gasteiger partial charge in [0.05, 0.1) is 18.8 Å². The molecule has 0 amide bonds. The second-order valence-electron chi connectivity index (χ2n) is 12.8. The predicted octanol–water partition coefficient (Wildman–Crippen LogP) is 2.99. The normalized spacial score (nSPS) is 56.8. The number of esters is 1. The standard InChI is InChI=1S/C28H33NO5/c1-14-17-11-18-21-26-10-4-9-25(2)13-29(21)28(32,24(25)26)12-27(18,22(14)30)20(26)19(17)34-23(31)15-5-7-16(33-3)8-6-15/h5-8,17-22,24,30,32H,1,4,9-13H2,2-3H3/t17-,18+,19+,20+,21?,22-,24-,25+,26+,27?,28+/m1/s1. The van der Waals surface area contributed by atoms with Gasteiger partial charge in [-0.2, -0.15) is 0 Å². The van der Waals surface area contributed by atoms with Crippen molar-refractivity contribution in [1.29, 1.82) is 0 Å². The molecule has 1 aromatic rings. The number of hydrogen-bond donors (Lipinski definition) is 2. The first-order chi connectivity index (χ1) is 16.2. The maximum atomic E-state index is 13.4. The Kier molecular flexibility index (Phi) is 3.43. The molecule has 10 rings (SSSR count). The number of methoxy groups -OCH3 is 1. The van der Waals surface area contributed by atoms with E-state index in [9.17, 15) is 15.0 Å². The third-order valence-corrected chi connectivity index (χ3v) is 11.9. The molecule has 3 aliphatic heterocycles. The summed E-state index contributed by atoms with van der Waals surface area (Å²) >= 11 is 0. The smallest absolute Gasteiger partial charge is 0.338 e. The molecule has 3 unspecified atom stereocenters. The number of carbonyl (C=O) groups is 1. The van der Waals surface area contributed by atoms with E-state index in [2.05, 4.69) is 18.4 Å². The van der Waals surface area contributed by atoms with Crippen LogP contribution in [0.2, 0.25) is 0 Å². The molecule has 9 aliphatic rings. The van der Waals surface area contributed by atoms with Gasteiger partial charge in [0.2, 0.25) is 0 Å². The highest BCUT2D eigenvalue weighted by atomic mass is 16.5. The quantitative estimate of drug-likeness (QED) is 0.530. The summed E-state index contributed by atoms with van der Waals surface area (Å²) < 4.78 is 11.7. The highest BCUT2D eigenvalue weighted by Crippen LogP contribution is 2.89. The molecule has 180 valence electrons. The molecule has 12 atom stereocenters. The number of fused-ring (bicyclic) bond motifs is 1. The number of hydrogen-bond acceptors (Lipinski definition) is 6. The lowest BCUT2D eigenvalue weighted by Crippen LogP contribution is -2.72. The molecule has 2 spiro atoms. The first-order valence-corrected chi connectivity index (χ1v) is 12.9. The molecule has 3 saturated heterocycles. The molecule has 6 heteroatoms. The Hall–Kier alpha value is -1.89. The van der Waals surface area contributed by atoms with Gasteiger partial charge in [0.1, 0.15) is 17.6 Å². The van der Waals surface area contributed by atoms with Crippen molar-refractivity contribution >= 4 is 5.97 Å². The predicted molar refractivity (Wildman–Crippen MR) is 123 cm³/mol. The molecule has 34 heavy (non-hydrogen) atoms. The van der Waals surface area contributed by atoms with E-state index in [0.29, 0.717) is 23.7 Å². The highest BCUT2D eigenvalue weighted by Gasteiger charge is 2.93. The molecule has 9 bridgehead atoms. The van der Waals surface area contributed by atoms with Crippen molar-refractivity contribution in [2.45, 2.75) is 63.0 Å². The van der Waals surface area contributed by atoms with Crippen molar-refractivity contribution < 1.29 is 24.5 Å². The van der Waals surface area contributed by atoms with Gasteiger partial charge in [0.15, 0.2) is 0 Å². The van der Waals surface area contributed by atoms with Crippen molar-refractivity contribution in [3.8, 4) is 5.75 Å². The van der Waals surface area contributed by atoms with Crippen LogP contribution in [0.25, 0.3) is 0 Å². The van der Waals surface area contributed by atoms with Gasteiger partial charge in [0.25, 0.3) is 0 Å². The zero-order valence-corrected chi connectivity index (χ0v) is 19.9. The fourth-order valence-corrected chi connectivity index (χ4v) is 11.6. The van der Waals surface area contributed by atoms with E-state index < -0.39 is 17.2 Å². The summed E-state index contributed by atoms with van der Waals surface area (Å²) in [5.74, 6) is 0.976. The Labute approximate surface area is 199 Å². The van der Waals surface area contributed by atoms with Gasteiger partial charge >= 0.3 is 5.97 Å². The third kappa shape index (κ3) is 1.80. The van der Waals surface area contributed by atoms with Crippen LogP contribution < -0.4 is 4.74 Å². The Bertz CT molecular complexity index is 1150. The van der Waals surface area contributed by atoms with E-state index in [1.54, 1.807) is 31.4 Å². The number of nitrogens with zero attached hydrogens (tertiary/aromatic N) is 1. The summed E-state index contributed by atoms with van der Waals surface area (Å²) in [4.78, 5) is 15.9. The average molecular weight is 464 g/mol. The topological polar surface area (TPSA) is 79.2 Å². The van der Waals surface area contributed by atoms with Gasteiger partial charge in [-0.1, -0.05) is 19.9 Å². The van der Waals surface area contributed by atoms with Crippen LogP contribution in [0.3, 0.4) is 0 Å². The summed E-state index contributed by atoms with van der Waals surface area (Å²) in [5, 5.41) is 23.9. The number of rotatable bonds is 3. The van der Waals surface area contributed by atoms with E-state index in [1.807, 2.05) is 0 Å². The summed E-state index contributed by atoms with van der Waals surface area (Å²) in [6, 6.07) is 7.36. The van der Waals surface area contributed by atoms with Gasteiger partial charge in [-0.15, -0.1) is 0 Å². The Balaban J connectivity index is 1.26. The minimum absolute atomic E-state index is 0.0194.